The summed E-state index contributed by atoms with van der Waals surface area (Å²) < 4.78 is 24.4. The first kappa shape index (κ1) is 13.3. The van der Waals surface area contributed by atoms with E-state index in [0.29, 0.717) is 5.75 Å². The van der Waals surface area contributed by atoms with Crippen molar-refractivity contribution in [2.24, 2.45) is 0 Å². The van der Waals surface area contributed by atoms with E-state index in [1.54, 1.807) is 0 Å². The molecule has 0 unspecified atom stereocenters. The highest BCUT2D eigenvalue weighted by Crippen LogP contribution is 2.24. The molecule has 0 amide bonds. The smallest absolute Gasteiger partial charge is 0.154 e. The van der Waals surface area contributed by atoms with Gasteiger partial charge >= 0.3 is 0 Å². The van der Waals surface area contributed by atoms with E-state index < -0.39 is 9.84 Å². The van der Waals surface area contributed by atoms with Gasteiger partial charge in [-0.2, -0.15) is 0 Å². The van der Waals surface area contributed by atoms with Crippen LogP contribution in [0, 0.1) is 0 Å². The van der Waals surface area contributed by atoms with Gasteiger partial charge < -0.3 is 5.32 Å². The summed E-state index contributed by atoms with van der Waals surface area (Å²) in [6.45, 7) is 4.67. The molecule has 0 radical (unpaired) electrons. The summed E-state index contributed by atoms with van der Waals surface area (Å²) in [6, 6.07) is 0. The lowest BCUT2D eigenvalue weighted by atomic mass is 10.0. The van der Waals surface area contributed by atoms with Crippen LogP contribution in [0.15, 0.2) is 0 Å². The standard InChI is InChI=1S/C12H24N2O2S/c15-17(16,12-4-2-1-3-5-12)11-10-14-8-6-13-7-9-14/h12-13H,1-11H2. The first-order valence-corrected chi connectivity index (χ1v) is 8.55. The van der Waals surface area contributed by atoms with Gasteiger partial charge in [-0.05, 0) is 12.8 Å². The summed E-state index contributed by atoms with van der Waals surface area (Å²) in [7, 11) is -2.84. The van der Waals surface area contributed by atoms with E-state index in [-0.39, 0.29) is 5.25 Å². The number of rotatable bonds is 4. The molecule has 2 fully saturated rings. The topological polar surface area (TPSA) is 49.4 Å². The van der Waals surface area contributed by atoms with Gasteiger partial charge in [0.15, 0.2) is 9.84 Å². The van der Waals surface area contributed by atoms with E-state index in [9.17, 15) is 8.42 Å². The van der Waals surface area contributed by atoms with Gasteiger partial charge in [0.2, 0.25) is 0 Å². The molecule has 1 N–H and O–H groups in total. The molecule has 0 atom stereocenters. The van der Waals surface area contributed by atoms with Crippen LogP contribution < -0.4 is 5.32 Å². The van der Waals surface area contributed by atoms with E-state index in [0.717, 1.165) is 58.4 Å². The Morgan fingerprint density at radius 3 is 2.35 bits per heavy atom. The molecule has 0 spiro atoms. The second-order valence-corrected chi connectivity index (χ2v) is 7.62. The summed E-state index contributed by atoms with van der Waals surface area (Å²) in [5.74, 6) is 0.359. The second-order valence-electron chi connectivity index (χ2n) is 5.22. The molecule has 0 aromatic carbocycles. The van der Waals surface area contributed by atoms with Crippen LogP contribution in [-0.4, -0.2) is 57.0 Å². The molecular weight excluding hydrogens is 236 g/mol. The molecule has 0 aromatic heterocycles. The molecule has 5 heteroatoms. The van der Waals surface area contributed by atoms with Crippen LogP contribution in [0.2, 0.25) is 0 Å². The molecule has 0 aromatic rings. The van der Waals surface area contributed by atoms with Crippen LogP contribution in [0.1, 0.15) is 32.1 Å². The maximum atomic E-state index is 12.2. The number of hydrogen-bond donors (Lipinski definition) is 1. The Morgan fingerprint density at radius 2 is 1.71 bits per heavy atom. The van der Waals surface area contributed by atoms with Crippen LogP contribution in [0.4, 0.5) is 0 Å². The normalized spacial score (nSPS) is 24.9. The summed E-state index contributed by atoms with van der Waals surface area (Å²) >= 11 is 0. The minimum absolute atomic E-state index is 0.0424. The maximum Gasteiger partial charge on any atom is 0.154 e. The fraction of sp³-hybridized carbons (Fsp3) is 1.00. The Morgan fingerprint density at radius 1 is 1.06 bits per heavy atom. The minimum Gasteiger partial charge on any atom is -0.314 e. The maximum absolute atomic E-state index is 12.2. The predicted molar refractivity (Wildman–Crippen MR) is 70.0 cm³/mol. The quantitative estimate of drug-likeness (QED) is 0.806. The molecule has 100 valence electrons. The highest BCUT2D eigenvalue weighted by Gasteiger charge is 2.27. The monoisotopic (exact) mass is 260 g/mol. The average molecular weight is 260 g/mol. The number of hydrogen-bond acceptors (Lipinski definition) is 4. The minimum atomic E-state index is -2.84. The third kappa shape index (κ3) is 3.93. The zero-order valence-corrected chi connectivity index (χ0v) is 11.3. The molecule has 2 aliphatic rings. The van der Waals surface area contributed by atoms with Crippen LogP contribution in [0.25, 0.3) is 0 Å². The van der Waals surface area contributed by atoms with Gasteiger partial charge in [-0.3, -0.25) is 4.90 Å². The molecule has 4 nitrogen and oxygen atoms in total. The zero-order chi connectivity index (χ0) is 12.1. The number of nitrogens with zero attached hydrogens (tertiary/aromatic N) is 1. The highest BCUT2D eigenvalue weighted by molar-refractivity contribution is 7.92. The Labute approximate surface area is 105 Å². The Kier molecular flexibility index (Phi) is 4.82. The van der Waals surface area contributed by atoms with Crippen molar-refractivity contribution in [3.05, 3.63) is 0 Å². The molecule has 1 saturated heterocycles. The van der Waals surface area contributed by atoms with Crippen LogP contribution in [0.3, 0.4) is 0 Å². The summed E-state index contributed by atoms with van der Waals surface area (Å²) in [6.07, 6.45) is 5.19. The zero-order valence-electron chi connectivity index (χ0n) is 10.5. The molecule has 0 bridgehead atoms. The summed E-state index contributed by atoms with van der Waals surface area (Å²) in [4.78, 5) is 2.26. The first-order valence-electron chi connectivity index (χ1n) is 6.83. The summed E-state index contributed by atoms with van der Waals surface area (Å²) in [5.41, 5.74) is 0. The highest BCUT2D eigenvalue weighted by atomic mass is 32.2. The van der Waals surface area contributed by atoms with Crippen molar-refractivity contribution in [2.45, 2.75) is 37.4 Å². The summed E-state index contributed by atoms with van der Waals surface area (Å²) in [5, 5.41) is 3.24. The first-order chi connectivity index (χ1) is 8.18. The van der Waals surface area contributed by atoms with Gasteiger partial charge in [-0.25, -0.2) is 8.42 Å². The van der Waals surface area contributed by atoms with Crippen molar-refractivity contribution in [3.8, 4) is 0 Å². The Bertz CT molecular complexity index is 317. The third-order valence-electron chi connectivity index (χ3n) is 3.96. The van der Waals surface area contributed by atoms with E-state index in [4.69, 9.17) is 0 Å². The van der Waals surface area contributed by atoms with Crippen LogP contribution in [-0.2, 0) is 9.84 Å². The lowest BCUT2D eigenvalue weighted by Gasteiger charge is -2.28. The van der Waals surface area contributed by atoms with Crippen molar-refractivity contribution in [1.29, 1.82) is 0 Å². The van der Waals surface area contributed by atoms with Gasteiger partial charge in [-0.1, -0.05) is 19.3 Å². The van der Waals surface area contributed by atoms with Crippen molar-refractivity contribution in [1.82, 2.24) is 10.2 Å². The molecular formula is C12H24N2O2S. The molecule has 1 aliphatic carbocycles. The van der Waals surface area contributed by atoms with E-state index in [2.05, 4.69) is 10.2 Å². The SMILES string of the molecule is O=S(=O)(CCN1CCNCC1)C1CCCCC1. The Hall–Kier alpha value is -0.130. The molecule has 1 heterocycles. The van der Waals surface area contributed by atoms with Gasteiger partial charge in [0.1, 0.15) is 0 Å². The second kappa shape index (κ2) is 6.16. The number of nitrogens with one attached hydrogen (secondary N) is 1. The molecule has 2 rings (SSSR count). The van der Waals surface area contributed by atoms with Crippen molar-refractivity contribution < 1.29 is 8.42 Å². The molecule has 17 heavy (non-hydrogen) atoms. The number of sulfone groups is 1. The van der Waals surface area contributed by atoms with Gasteiger partial charge in [-0.15, -0.1) is 0 Å². The molecule has 1 saturated carbocycles. The lowest BCUT2D eigenvalue weighted by molar-refractivity contribution is 0.253. The van der Waals surface area contributed by atoms with Gasteiger partial charge in [0.25, 0.3) is 0 Å². The average Bonchev–Trinajstić information content (AvgIpc) is 2.39. The molecule has 1 aliphatic heterocycles. The third-order valence-corrected chi connectivity index (χ3v) is 6.20. The fourth-order valence-electron chi connectivity index (χ4n) is 2.78. The fourth-order valence-corrected chi connectivity index (χ4v) is 4.68. The number of piperazine rings is 1. The largest absolute Gasteiger partial charge is 0.314 e. The Balaban J connectivity index is 1.79. The predicted octanol–water partition coefficient (Wildman–Crippen LogP) is 0.639. The van der Waals surface area contributed by atoms with Gasteiger partial charge in [0, 0.05) is 32.7 Å². The lowest BCUT2D eigenvalue weighted by Crippen LogP contribution is -2.45. The van der Waals surface area contributed by atoms with Crippen LogP contribution >= 0.6 is 0 Å². The van der Waals surface area contributed by atoms with Crippen molar-refractivity contribution in [3.63, 3.8) is 0 Å². The van der Waals surface area contributed by atoms with Gasteiger partial charge in [0.05, 0.1) is 11.0 Å². The van der Waals surface area contributed by atoms with Crippen molar-refractivity contribution >= 4 is 9.84 Å². The van der Waals surface area contributed by atoms with E-state index in [1.807, 2.05) is 0 Å². The van der Waals surface area contributed by atoms with Crippen LogP contribution in [0.5, 0.6) is 0 Å². The van der Waals surface area contributed by atoms with E-state index in [1.165, 1.54) is 6.42 Å². The van der Waals surface area contributed by atoms with E-state index >= 15 is 0 Å². The van der Waals surface area contributed by atoms with Crippen molar-refractivity contribution in [2.75, 3.05) is 38.5 Å².